The van der Waals surface area contributed by atoms with Gasteiger partial charge < -0.3 is 18.9 Å². The summed E-state index contributed by atoms with van der Waals surface area (Å²) in [5, 5.41) is 10.2. The van der Waals surface area contributed by atoms with Gasteiger partial charge in [-0.1, -0.05) is 30.3 Å². The van der Waals surface area contributed by atoms with E-state index in [1.807, 2.05) is 30.0 Å². The number of nitrogens with one attached hydrogen (secondary N) is 1. The number of amides is 1. The summed E-state index contributed by atoms with van der Waals surface area (Å²) in [5.41, 5.74) is 6.37. The van der Waals surface area contributed by atoms with Gasteiger partial charge in [-0.3, -0.25) is 23.4 Å². The first-order valence-electron chi connectivity index (χ1n) is 22.5. The molecule has 3 aromatic carbocycles. The van der Waals surface area contributed by atoms with Crippen LogP contribution >= 0.6 is 0 Å². The fourth-order valence-corrected chi connectivity index (χ4v) is 10.9. The molecule has 11 rings (SSSR count). The van der Waals surface area contributed by atoms with Gasteiger partial charge in [-0.25, -0.2) is 18.7 Å². The van der Waals surface area contributed by atoms with Gasteiger partial charge in [0.2, 0.25) is 0 Å². The van der Waals surface area contributed by atoms with Crippen molar-refractivity contribution in [3.05, 3.63) is 145 Å². The number of benzene rings is 3. The molecule has 14 nitrogen and oxygen atoms in total. The van der Waals surface area contributed by atoms with E-state index in [1.165, 1.54) is 11.1 Å². The highest BCUT2D eigenvalue weighted by atomic mass is 19.1. The van der Waals surface area contributed by atoms with Crippen molar-refractivity contribution in [3.63, 3.8) is 0 Å². The van der Waals surface area contributed by atoms with Gasteiger partial charge in [-0.05, 0) is 135 Å². The Morgan fingerprint density at radius 3 is 2.11 bits per heavy atom. The molecule has 1 amide bonds. The molecule has 1 aliphatic carbocycles. The molecular weight excluding hydrogens is 816 g/mol. The standard InChI is InChI=1S/C49H51FN8O6/c1-28-23-38(24-29(2)43(28)50)58-44(56-18-17-55(48(56)61)37-8-5-32(6-9-37)33-12-19-62-20-13-33)42-31(4)54(16-11-39(42)52-58)45(59)41-26-36-25-35(34-14-21-63-22-15-34)7-10-40(36)57(41)49(27-30(49)3)46-51-47(60)64-53-46/h5-10,17-18,23-26,30-31,33-34H,11-16,19-22,27H2,1-4H3,(H,51,53,60)/t30?,31-,49-/m0/s1. The average Bonchev–Trinajstić information content (AvgIpc) is 3.81. The van der Waals surface area contributed by atoms with Gasteiger partial charge in [0.25, 0.3) is 5.91 Å². The topological polar surface area (TPSA) is 147 Å². The minimum Gasteiger partial charge on any atom is -0.381 e. The lowest BCUT2D eigenvalue weighted by atomic mass is 9.91. The van der Waals surface area contributed by atoms with E-state index in [0.29, 0.717) is 78.6 Å². The minimum atomic E-state index is -0.809. The molecule has 1 saturated carbocycles. The van der Waals surface area contributed by atoms with Crippen LogP contribution in [0.2, 0.25) is 0 Å². The summed E-state index contributed by atoms with van der Waals surface area (Å²) in [5.74, 6) is 0.527. The summed E-state index contributed by atoms with van der Waals surface area (Å²) in [4.78, 5) is 47.3. The Labute approximate surface area is 368 Å². The summed E-state index contributed by atoms with van der Waals surface area (Å²) in [6.07, 6.45) is 8.34. The van der Waals surface area contributed by atoms with Crippen LogP contribution in [0.3, 0.4) is 0 Å². The number of ether oxygens (including phenoxy) is 2. The first-order valence-corrected chi connectivity index (χ1v) is 22.5. The Morgan fingerprint density at radius 2 is 1.47 bits per heavy atom. The maximum Gasteiger partial charge on any atom is 0.438 e. The predicted octanol–water partition coefficient (Wildman–Crippen LogP) is 7.53. The van der Waals surface area contributed by atoms with Crippen molar-refractivity contribution < 1.29 is 23.2 Å². The molecule has 2 saturated heterocycles. The van der Waals surface area contributed by atoms with E-state index >= 15 is 9.18 Å². The van der Waals surface area contributed by atoms with Gasteiger partial charge in [-0.15, -0.1) is 0 Å². The van der Waals surface area contributed by atoms with Crippen LogP contribution in [0.15, 0.2) is 87.2 Å². The largest absolute Gasteiger partial charge is 0.438 e. The lowest BCUT2D eigenvalue weighted by Gasteiger charge is -2.34. The fourth-order valence-electron chi connectivity index (χ4n) is 10.9. The van der Waals surface area contributed by atoms with E-state index in [0.717, 1.165) is 66.7 Å². The quantitative estimate of drug-likeness (QED) is 0.165. The molecule has 4 aliphatic rings. The van der Waals surface area contributed by atoms with Crippen molar-refractivity contribution in [2.24, 2.45) is 5.92 Å². The highest BCUT2D eigenvalue weighted by Gasteiger charge is 2.59. The second-order valence-corrected chi connectivity index (χ2v) is 18.3. The summed E-state index contributed by atoms with van der Waals surface area (Å²) < 4.78 is 38.4. The molecule has 3 aliphatic heterocycles. The number of nitrogens with zero attached hydrogens (tertiary/aromatic N) is 7. The molecule has 1 N–H and O–H groups in total. The molecule has 0 spiro atoms. The number of imidazole rings is 1. The molecule has 15 heteroatoms. The summed E-state index contributed by atoms with van der Waals surface area (Å²) in [6, 6.07) is 19.5. The first-order chi connectivity index (χ1) is 31.0. The highest BCUT2D eigenvalue weighted by molar-refractivity contribution is 6.00. The molecule has 0 radical (unpaired) electrons. The summed E-state index contributed by atoms with van der Waals surface area (Å²) >= 11 is 0. The first kappa shape index (κ1) is 40.5. The Hall–Kier alpha value is -6.32. The zero-order valence-corrected chi connectivity index (χ0v) is 36.5. The van der Waals surface area contributed by atoms with Crippen LogP contribution in [-0.4, -0.2) is 77.4 Å². The lowest BCUT2D eigenvalue weighted by molar-refractivity contribution is 0.0663. The monoisotopic (exact) mass is 866 g/mol. The van der Waals surface area contributed by atoms with Gasteiger partial charge in [0.15, 0.2) is 5.82 Å². The van der Waals surface area contributed by atoms with Gasteiger partial charge in [0.05, 0.1) is 23.1 Å². The molecule has 330 valence electrons. The zero-order chi connectivity index (χ0) is 44.0. The summed E-state index contributed by atoms with van der Waals surface area (Å²) in [6.45, 7) is 10.8. The number of carbonyl (C=O) groups excluding carboxylic acids is 1. The van der Waals surface area contributed by atoms with Gasteiger partial charge in [0, 0.05) is 68.3 Å². The Bertz CT molecular complexity index is 3040. The van der Waals surface area contributed by atoms with Crippen molar-refractivity contribution >= 4 is 16.8 Å². The predicted molar refractivity (Wildman–Crippen MR) is 237 cm³/mol. The Kier molecular flexibility index (Phi) is 9.76. The smallest absolute Gasteiger partial charge is 0.381 e. The third kappa shape index (κ3) is 6.45. The number of hydrogen-bond acceptors (Lipinski definition) is 8. The van der Waals surface area contributed by atoms with Crippen molar-refractivity contribution in [1.29, 1.82) is 0 Å². The molecule has 1 unspecified atom stereocenters. The van der Waals surface area contributed by atoms with E-state index in [2.05, 4.69) is 52.0 Å². The van der Waals surface area contributed by atoms with Crippen molar-refractivity contribution in [1.82, 2.24) is 38.5 Å². The van der Waals surface area contributed by atoms with Crippen LogP contribution in [0.1, 0.15) is 114 Å². The van der Waals surface area contributed by atoms with Crippen molar-refractivity contribution in [2.45, 2.75) is 89.6 Å². The Morgan fingerprint density at radius 1 is 0.828 bits per heavy atom. The number of halogens is 1. The maximum atomic E-state index is 15.5. The number of fused-ring (bicyclic) bond motifs is 2. The number of rotatable bonds is 8. The van der Waals surface area contributed by atoms with E-state index < -0.39 is 17.3 Å². The average molecular weight is 867 g/mol. The minimum absolute atomic E-state index is 0.0392. The maximum absolute atomic E-state index is 15.5. The zero-order valence-electron chi connectivity index (χ0n) is 36.5. The number of hydrogen-bond donors (Lipinski definition) is 1. The van der Waals surface area contributed by atoms with Crippen LogP contribution < -0.4 is 11.4 Å². The van der Waals surface area contributed by atoms with Crippen LogP contribution in [0, 0.1) is 25.6 Å². The second-order valence-electron chi connectivity index (χ2n) is 18.3. The van der Waals surface area contributed by atoms with Crippen molar-refractivity contribution in [3.8, 4) is 17.2 Å². The van der Waals surface area contributed by atoms with E-state index in [1.54, 1.807) is 52.2 Å². The summed E-state index contributed by atoms with van der Waals surface area (Å²) in [7, 11) is 0. The molecule has 64 heavy (non-hydrogen) atoms. The van der Waals surface area contributed by atoms with Gasteiger partial charge in [-0.2, -0.15) is 5.10 Å². The van der Waals surface area contributed by atoms with E-state index in [-0.39, 0.29) is 23.3 Å². The second kappa shape index (κ2) is 15.4. The van der Waals surface area contributed by atoms with E-state index in [4.69, 9.17) is 19.1 Å². The third-order valence-corrected chi connectivity index (χ3v) is 14.5. The number of carbonyl (C=O) groups is 1. The van der Waals surface area contributed by atoms with Crippen LogP contribution in [-0.2, 0) is 21.4 Å². The van der Waals surface area contributed by atoms with Crippen molar-refractivity contribution in [2.75, 3.05) is 33.0 Å². The molecule has 7 heterocycles. The Balaban J connectivity index is 1.03. The molecule has 7 aromatic rings. The number of aromatic amines is 1. The molecule has 3 fully saturated rings. The lowest BCUT2D eigenvalue weighted by Crippen LogP contribution is -2.41. The number of aromatic nitrogens is 7. The van der Waals surface area contributed by atoms with Gasteiger partial charge >= 0.3 is 11.4 Å². The number of H-pyrrole nitrogens is 1. The normalized spacial score (nSPS) is 21.7. The van der Waals surface area contributed by atoms with Gasteiger partial charge in [0.1, 0.15) is 22.9 Å². The highest BCUT2D eigenvalue weighted by Crippen LogP contribution is 2.56. The van der Waals surface area contributed by atoms with Crippen LogP contribution in [0.5, 0.6) is 0 Å². The molecule has 0 bridgehead atoms. The molecule has 3 atom stereocenters. The molecular formula is C49H51FN8O6. The molecule has 4 aromatic heterocycles. The number of aryl methyl sites for hydroxylation is 2. The SMILES string of the molecule is Cc1cc(-n2nc3c(c2-n2ccn(-c4ccc(C5CCOCC5)cc4)c2=O)[C@H](C)N(C(=O)c2cc4cc(C5CCOCC5)ccc4n2[C@@]2(c4noc(=O)[nH]4)CC2C)CC3)cc(C)c1F. The van der Waals surface area contributed by atoms with Crippen LogP contribution in [0.4, 0.5) is 4.39 Å². The van der Waals surface area contributed by atoms with E-state index in [9.17, 15) is 9.59 Å². The third-order valence-electron chi connectivity index (χ3n) is 14.5. The van der Waals surface area contributed by atoms with Crippen LogP contribution in [0.25, 0.3) is 28.1 Å². The fraction of sp³-hybridized carbons (Fsp3) is 0.408.